The average Bonchev–Trinajstić information content (AvgIpc) is 2.71. The van der Waals surface area contributed by atoms with Gasteiger partial charge in [-0.1, -0.05) is 0 Å². The molecule has 1 unspecified atom stereocenters. The van der Waals surface area contributed by atoms with Crippen molar-refractivity contribution in [3.8, 4) is 0 Å². The molecule has 1 aliphatic heterocycles. The van der Waals surface area contributed by atoms with Crippen LogP contribution in [0.5, 0.6) is 0 Å². The van der Waals surface area contributed by atoms with E-state index in [2.05, 4.69) is 30.2 Å². The lowest BCUT2D eigenvalue weighted by Crippen LogP contribution is -2.34. The van der Waals surface area contributed by atoms with E-state index in [0.29, 0.717) is 24.1 Å². The smallest absolute Gasteiger partial charge is 0.228 e. The molecule has 3 aromatic heterocycles. The molecule has 4 rings (SSSR count). The van der Waals surface area contributed by atoms with Crippen molar-refractivity contribution in [1.29, 1.82) is 0 Å². The first-order valence-corrected chi connectivity index (χ1v) is 9.09. The molecule has 7 heteroatoms. The summed E-state index contributed by atoms with van der Waals surface area (Å²) in [4.78, 5) is 19.2. The highest BCUT2D eigenvalue weighted by molar-refractivity contribution is 5.48. The van der Waals surface area contributed by atoms with Crippen molar-refractivity contribution in [2.24, 2.45) is 0 Å². The standard InChI is InChI=1S/C20H21FN6/c21-17-5-1-7-22-18(17)14-27-11-2-4-16(13-27)15-6-10-23-19(12-15)26-20-24-8-3-9-25-20/h1,3,5-10,12,16H,2,4,11,13-14H2,(H,23,24,25,26). The molecular formula is C20H21FN6. The van der Waals surface area contributed by atoms with Gasteiger partial charge in [-0.05, 0) is 61.2 Å². The van der Waals surface area contributed by atoms with Gasteiger partial charge in [0.05, 0.1) is 5.69 Å². The number of aromatic nitrogens is 4. The van der Waals surface area contributed by atoms with E-state index in [0.717, 1.165) is 31.7 Å². The summed E-state index contributed by atoms with van der Waals surface area (Å²) in [5.74, 6) is 1.40. The summed E-state index contributed by atoms with van der Waals surface area (Å²) < 4.78 is 13.9. The van der Waals surface area contributed by atoms with Gasteiger partial charge in [0.2, 0.25) is 5.95 Å². The van der Waals surface area contributed by atoms with Gasteiger partial charge in [-0.3, -0.25) is 9.88 Å². The Bertz CT molecular complexity index is 888. The van der Waals surface area contributed by atoms with Crippen molar-refractivity contribution in [3.63, 3.8) is 0 Å². The van der Waals surface area contributed by atoms with Crippen LogP contribution in [0.3, 0.4) is 0 Å². The second-order valence-corrected chi connectivity index (χ2v) is 6.68. The van der Waals surface area contributed by atoms with Gasteiger partial charge >= 0.3 is 0 Å². The summed E-state index contributed by atoms with van der Waals surface area (Å²) in [7, 11) is 0. The highest BCUT2D eigenvalue weighted by Gasteiger charge is 2.23. The molecule has 1 N–H and O–H groups in total. The maximum atomic E-state index is 13.9. The zero-order valence-electron chi connectivity index (χ0n) is 14.9. The van der Waals surface area contributed by atoms with Crippen molar-refractivity contribution < 1.29 is 4.39 Å². The molecule has 1 aliphatic rings. The first kappa shape index (κ1) is 17.5. The van der Waals surface area contributed by atoms with Crippen LogP contribution in [0.1, 0.15) is 30.0 Å². The Morgan fingerprint density at radius 1 is 1.04 bits per heavy atom. The summed E-state index contributed by atoms with van der Waals surface area (Å²) in [6, 6.07) is 8.96. The van der Waals surface area contributed by atoms with E-state index in [-0.39, 0.29) is 5.82 Å². The van der Waals surface area contributed by atoms with Crippen LogP contribution >= 0.6 is 0 Å². The molecule has 0 aliphatic carbocycles. The van der Waals surface area contributed by atoms with Gasteiger partial charge in [0, 0.05) is 37.9 Å². The van der Waals surface area contributed by atoms with Crippen LogP contribution in [0.25, 0.3) is 0 Å². The number of nitrogens with one attached hydrogen (secondary N) is 1. The van der Waals surface area contributed by atoms with Crippen molar-refractivity contribution >= 4 is 11.8 Å². The number of pyridine rings is 2. The summed E-state index contributed by atoms with van der Waals surface area (Å²) in [6.07, 6.45) is 9.01. The fraction of sp³-hybridized carbons (Fsp3) is 0.300. The zero-order valence-corrected chi connectivity index (χ0v) is 14.9. The Hall–Kier alpha value is -2.93. The number of hydrogen-bond acceptors (Lipinski definition) is 6. The molecule has 0 amide bonds. The average molecular weight is 364 g/mol. The third-order valence-electron chi connectivity index (χ3n) is 4.77. The van der Waals surface area contributed by atoms with Gasteiger partial charge in [-0.15, -0.1) is 0 Å². The third-order valence-corrected chi connectivity index (χ3v) is 4.77. The molecule has 0 bridgehead atoms. The lowest BCUT2D eigenvalue weighted by molar-refractivity contribution is 0.195. The Morgan fingerprint density at radius 3 is 2.74 bits per heavy atom. The van der Waals surface area contributed by atoms with E-state index in [1.807, 2.05) is 12.1 Å². The predicted molar refractivity (Wildman–Crippen MR) is 101 cm³/mol. The molecule has 0 aromatic carbocycles. The molecular weight excluding hydrogens is 343 g/mol. The van der Waals surface area contributed by atoms with Gasteiger partial charge < -0.3 is 5.32 Å². The highest BCUT2D eigenvalue weighted by Crippen LogP contribution is 2.29. The minimum absolute atomic E-state index is 0.238. The van der Waals surface area contributed by atoms with E-state index in [4.69, 9.17) is 0 Å². The van der Waals surface area contributed by atoms with E-state index in [1.54, 1.807) is 36.9 Å². The molecule has 138 valence electrons. The molecule has 1 fully saturated rings. The van der Waals surface area contributed by atoms with E-state index < -0.39 is 0 Å². The van der Waals surface area contributed by atoms with Crippen LogP contribution in [-0.2, 0) is 6.54 Å². The fourth-order valence-electron chi connectivity index (χ4n) is 3.47. The third kappa shape index (κ3) is 4.43. The van der Waals surface area contributed by atoms with Crippen LogP contribution in [0.2, 0.25) is 0 Å². The maximum Gasteiger partial charge on any atom is 0.228 e. The molecule has 3 aromatic rings. The highest BCUT2D eigenvalue weighted by atomic mass is 19.1. The Kier molecular flexibility index (Phi) is 5.29. The maximum absolute atomic E-state index is 13.9. The zero-order chi connectivity index (χ0) is 18.5. The Morgan fingerprint density at radius 2 is 1.89 bits per heavy atom. The van der Waals surface area contributed by atoms with E-state index in [9.17, 15) is 4.39 Å². The van der Waals surface area contributed by atoms with Crippen LogP contribution in [0, 0.1) is 5.82 Å². The van der Waals surface area contributed by atoms with E-state index in [1.165, 1.54) is 11.6 Å². The summed E-state index contributed by atoms with van der Waals surface area (Å²) in [6.45, 7) is 2.37. The normalized spacial score (nSPS) is 17.6. The topological polar surface area (TPSA) is 66.8 Å². The second kappa shape index (κ2) is 8.18. The molecule has 6 nitrogen and oxygen atoms in total. The summed E-state index contributed by atoms with van der Waals surface area (Å²) in [5, 5.41) is 3.14. The number of nitrogens with zero attached hydrogens (tertiary/aromatic N) is 5. The van der Waals surface area contributed by atoms with Crippen LogP contribution in [0.15, 0.2) is 55.1 Å². The number of rotatable bonds is 5. The number of halogens is 1. The number of piperidine rings is 1. The van der Waals surface area contributed by atoms with E-state index >= 15 is 0 Å². The monoisotopic (exact) mass is 364 g/mol. The molecule has 0 spiro atoms. The Labute approximate surface area is 157 Å². The van der Waals surface area contributed by atoms with Gasteiger partial charge in [0.1, 0.15) is 11.6 Å². The minimum Gasteiger partial charge on any atom is -0.309 e. The summed E-state index contributed by atoms with van der Waals surface area (Å²) in [5.41, 5.74) is 1.73. The van der Waals surface area contributed by atoms with Gasteiger partial charge in [0.15, 0.2) is 0 Å². The van der Waals surface area contributed by atoms with Crippen molar-refractivity contribution in [1.82, 2.24) is 24.8 Å². The fourth-order valence-corrected chi connectivity index (χ4v) is 3.47. The summed E-state index contributed by atoms with van der Waals surface area (Å²) >= 11 is 0. The van der Waals surface area contributed by atoms with Gasteiger partial charge in [0.25, 0.3) is 0 Å². The Balaban J connectivity index is 1.45. The SMILES string of the molecule is Fc1cccnc1CN1CCCC(c2ccnc(Nc3ncccn3)c2)C1. The number of hydrogen-bond donors (Lipinski definition) is 1. The first-order chi connectivity index (χ1) is 13.3. The molecule has 0 saturated carbocycles. The first-order valence-electron chi connectivity index (χ1n) is 9.09. The van der Waals surface area contributed by atoms with Crippen molar-refractivity contribution in [3.05, 3.63) is 72.2 Å². The quantitative estimate of drug-likeness (QED) is 0.747. The lowest BCUT2D eigenvalue weighted by Gasteiger charge is -2.32. The minimum atomic E-state index is -0.238. The molecule has 4 heterocycles. The number of likely N-dealkylation sites (tertiary alicyclic amines) is 1. The predicted octanol–water partition coefficient (Wildman–Crippen LogP) is 3.53. The van der Waals surface area contributed by atoms with Crippen LogP contribution in [0.4, 0.5) is 16.2 Å². The van der Waals surface area contributed by atoms with Gasteiger partial charge in [-0.2, -0.15) is 0 Å². The second-order valence-electron chi connectivity index (χ2n) is 6.68. The molecule has 0 radical (unpaired) electrons. The molecule has 27 heavy (non-hydrogen) atoms. The van der Waals surface area contributed by atoms with Gasteiger partial charge in [-0.25, -0.2) is 19.3 Å². The van der Waals surface area contributed by atoms with Crippen LogP contribution in [-0.4, -0.2) is 37.9 Å². The molecule has 1 atom stereocenters. The largest absolute Gasteiger partial charge is 0.309 e. The molecule has 1 saturated heterocycles. The lowest BCUT2D eigenvalue weighted by atomic mass is 9.91. The van der Waals surface area contributed by atoms with Crippen molar-refractivity contribution in [2.75, 3.05) is 18.4 Å². The number of anilines is 2. The van der Waals surface area contributed by atoms with Crippen LogP contribution < -0.4 is 5.32 Å². The van der Waals surface area contributed by atoms with Crippen molar-refractivity contribution in [2.45, 2.75) is 25.3 Å².